The molecule has 0 aliphatic carbocycles. The summed E-state index contributed by atoms with van der Waals surface area (Å²) in [6, 6.07) is 17.4. The monoisotopic (exact) mass is 335 g/mol. The molecule has 3 aromatic rings. The zero-order valence-electron chi connectivity index (χ0n) is 14.1. The van der Waals surface area contributed by atoms with E-state index in [0.717, 1.165) is 22.2 Å². The van der Waals surface area contributed by atoms with Crippen molar-refractivity contribution in [2.45, 2.75) is 19.1 Å². The van der Waals surface area contributed by atoms with E-state index in [1.807, 2.05) is 49.5 Å². The summed E-state index contributed by atoms with van der Waals surface area (Å²) in [5.41, 5.74) is 2.73. The Bertz CT molecular complexity index is 865. The van der Waals surface area contributed by atoms with Gasteiger partial charge in [-0.05, 0) is 42.8 Å². The molecule has 2 aromatic carbocycles. The van der Waals surface area contributed by atoms with Gasteiger partial charge in [-0.15, -0.1) is 0 Å². The van der Waals surface area contributed by atoms with Gasteiger partial charge >= 0.3 is 0 Å². The number of H-pyrrole nitrogens is 1. The van der Waals surface area contributed by atoms with Crippen molar-refractivity contribution in [3.63, 3.8) is 0 Å². The minimum atomic E-state index is -0.616. The van der Waals surface area contributed by atoms with Gasteiger partial charge < -0.3 is 20.1 Å². The number of rotatable bonds is 7. The van der Waals surface area contributed by atoms with E-state index < -0.39 is 6.10 Å². The molecule has 0 aliphatic rings. The van der Waals surface area contributed by atoms with Crippen LogP contribution in [-0.4, -0.2) is 29.3 Å². The molecule has 1 heterocycles. The van der Waals surface area contributed by atoms with E-state index in [1.54, 1.807) is 12.1 Å². The predicted octanol–water partition coefficient (Wildman–Crippen LogP) is 3.13. The van der Waals surface area contributed by atoms with Crippen LogP contribution < -0.4 is 10.1 Å². The first-order valence-electron chi connectivity index (χ1n) is 8.28. The van der Waals surface area contributed by atoms with E-state index in [4.69, 9.17) is 10.00 Å². The molecule has 5 heteroatoms. The van der Waals surface area contributed by atoms with Crippen LogP contribution >= 0.6 is 0 Å². The first kappa shape index (κ1) is 17.0. The van der Waals surface area contributed by atoms with Gasteiger partial charge in [0.2, 0.25) is 0 Å². The summed E-state index contributed by atoms with van der Waals surface area (Å²) in [4.78, 5) is 3.14. The minimum Gasteiger partial charge on any atom is -0.490 e. The molecule has 0 amide bonds. The number of aromatic amines is 1. The third kappa shape index (κ3) is 4.18. The number of aliphatic hydroxyl groups is 1. The Morgan fingerprint density at radius 1 is 1.20 bits per heavy atom. The van der Waals surface area contributed by atoms with E-state index in [2.05, 4.69) is 16.4 Å². The Hall–Kier alpha value is -2.81. The molecule has 0 fully saturated rings. The smallest absolute Gasteiger partial charge is 0.128 e. The van der Waals surface area contributed by atoms with E-state index >= 15 is 0 Å². The van der Waals surface area contributed by atoms with Crippen molar-refractivity contribution >= 4 is 10.9 Å². The summed E-state index contributed by atoms with van der Waals surface area (Å²) in [5.74, 6) is 0.762. The quantitative estimate of drug-likeness (QED) is 0.620. The van der Waals surface area contributed by atoms with Crippen LogP contribution in [0.4, 0.5) is 0 Å². The summed E-state index contributed by atoms with van der Waals surface area (Å²) in [6.07, 6.45) is 1.25. The highest BCUT2D eigenvalue weighted by Crippen LogP contribution is 2.24. The Labute approximate surface area is 146 Å². The zero-order valence-corrected chi connectivity index (χ0v) is 14.1. The molecular weight excluding hydrogens is 314 g/mol. The second kappa shape index (κ2) is 7.84. The summed E-state index contributed by atoms with van der Waals surface area (Å²) in [6.45, 7) is 2.66. The topological polar surface area (TPSA) is 81.1 Å². The van der Waals surface area contributed by atoms with E-state index in [0.29, 0.717) is 12.1 Å². The van der Waals surface area contributed by atoms with Crippen molar-refractivity contribution in [3.05, 3.63) is 65.9 Å². The lowest BCUT2D eigenvalue weighted by Gasteiger charge is -2.18. The molecule has 0 spiro atoms. The highest BCUT2D eigenvalue weighted by molar-refractivity contribution is 5.85. The molecule has 3 N–H and O–H groups in total. The maximum atomic E-state index is 10.2. The Morgan fingerprint density at radius 3 is 2.76 bits per heavy atom. The van der Waals surface area contributed by atoms with Crippen molar-refractivity contribution in [1.29, 1.82) is 5.26 Å². The lowest BCUT2D eigenvalue weighted by Crippen LogP contribution is -2.33. The van der Waals surface area contributed by atoms with Gasteiger partial charge in [-0.1, -0.05) is 18.2 Å². The second-order valence-corrected chi connectivity index (χ2v) is 6.02. The first-order valence-corrected chi connectivity index (χ1v) is 8.28. The van der Waals surface area contributed by atoms with Crippen molar-refractivity contribution in [3.8, 4) is 11.8 Å². The average molecular weight is 335 g/mol. The van der Waals surface area contributed by atoms with Gasteiger partial charge in [0.15, 0.2) is 0 Å². The molecule has 2 unspecified atom stereocenters. The molecule has 0 saturated heterocycles. The largest absolute Gasteiger partial charge is 0.490 e. The highest BCUT2D eigenvalue weighted by Gasteiger charge is 2.11. The minimum absolute atomic E-state index is 0.0792. The molecule has 1 aromatic heterocycles. The molecule has 0 radical (unpaired) electrons. The van der Waals surface area contributed by atoms with E-state index in [9.17, 15) is 5.11 Å². The SMILES string of the molecule is CC(NCC(O)COc1cccc2[nH]ccc12)c1ccc(C#N)cc1. The van der Waals surface area contributed by atoms with Gasteiger partial charge in [-0.25, -0.2) is 0 Å². The van der Waals surface area contributed by atoms with Crippen LogP contribution in [-0.2, 0) is 0 Å². The number of fused-ring (bicyclic) bond motifs is 1. The van der Waals surface area contributed by atoms with Gasteiger partial charge in [0.25, 0.3) is 0 Å². The van der Waals surface area contributed by atoms with Crippen LogP contribution in [0.5, 0.6) is 5.75 Å². The van der Waals surface area contributed by atoms with Crippen molar-refractivity contribution in [2.24, 2.45) is 0 Å². The molecule has 25 heavy (non-hydrogen) atoms. The Balaban J connectivity index is 1.50. The van der Waals surface area contributed by atoms with Gasteiger partial charge in [0.05, 0.1) is 11.6 Å². The van der Waals surface area contributed by atoms with Gasteiger partial charge in [0, 0.05) is 29.7 Å². The van der Waals surface area contributed by atoms with Crippen LogP contribution in [0.25, 0.3) is 10.9 Å². The van der Waals surface area contributed by atoms with Gasteiger partial charge in [-0.2, -0.15) is 5.26 Å². The van der Waals surface area contributed by atoms with Gasteiger partial charge in [0.1, 0.15) is 18.5 Å². The number of benzene rings is 2. The molecule has 5 nitrogen and oxygen atoms in total. The van der Waals surface area contributed by atoms with Crippen LogP contribution in [0.3, 0.4) is 0 Å². The van der Waals surface area contributed by atoms with Crippen molar-refractivity contribution in [1.82, 2.24) is 10.3 Å². The van der Waals surface area contributed by atoms with E-state index in [-0.39, 0.29) is 12.6 Å². The lowest BCUT2D eigenvalue weighted by molar-refractivity contribution is 0.105. The first-order chi connectivity index (χ1) is 12.2. The lowest BCUT2D eigenvalue weighted by atomic mass is 10.1. The zero-order chi connectivity index (χ0) is 17.6. The number of nitrogens with zero attached hydrogens (tertiary/aromatic N) is 1. The van der Waals surface area contributed by atoms with Crippen LogP contribution in [0.2, 0.25) is 0 Å². The average Bonchev–Trinajstić information content (AvgIpc) is 3.13. The predicted molar refractivity (Wildman–Crippen MR) is 97.4 cm³/mol. The number of hydrogen-bond acceptors (Lipinski definition) is 4. The standard InChI is InChI=1S/C20H21N3O2/c1-14(16-7-5-15(11-21)6-8-16)23-12-17(24)13-25-20-4-2-3-19-18(20)9-10-22-19/h2-10,14,17,22-24H,12-13H2,1H3. The van der Waals surface area contributed by atoms with Crippen molar-refractivity contribution in [2.75, 3.05) is 13.2 Å². The molecule has 2 atom stereocenters. The maximum absolute atomic E-state index is 10.2. The number of hydrogen-bond donors (Lipinski definition) is 3. The van der Waals surface area contributed by atoms with E-state index in [1.165, 1.54) is 0 Å². The fourth-order valence-electron chi connectivity index (χ4n) is 2.70. The second-order valence-electron chi connectivity index (χ2n) is 6.02. The Morgan fingerprint density at radius 2 is 2.00 bits per heavy atom. The fourth-order valence-corrected chi connectivity index (χ4v) is 2.70. The summed E-state index contributed by atoms with van der Waals surface area (Å²) >= 11 is 0. The maximum Gasteiger partial charge on any atom is 0.128 e. The Kier molecular flexibility index (Phi) is 5.34. The van der Waals surface area contributed by atoms with Crippen LogP contribution in [0, 0.1) is 11.3 Å². The molecule has 0 aliphatic heterocycles. The number of ether oxygens (including phenoxy) is 1. The van der Waals surface area contributed by atoms with Crippen LogP contribution in [0.15, 0.2) is 54.7 Å². The van der Waals surface area contributed by atoms with Gasteiger partial charge in [-0.3, -0.25) is 0 Å². The molecule has 0 saturated carbocycles. The molecule has 0 bridgehead atoms. The summed E-state index contributed by atoms with van der Waals surface area (Å²) < 4.78 is 5.76. The fraction of sp³-hybridized carbons (Fsp3) is 0.250. The third-order valence-corrected chi connectivity index (χ3v) is 4.19. The summed E-state index contributed by atoms with van der Waals surface area (Å²) in [5, 5.41) is 23.3. The van der Waals surface area contributed by atoms with Crippen molar-refractivity contribution < 1.29 is 9.84 Å². The summed E-state index contributed by atoms with van der Waals surface area (Å²) in [7, 11) is 0. The number of nitriles is 1. The third-order valence-electron chi connectivity index (χ3n) is 4.19. The highest BCUT2D eigenvalue weighted by atomic mass is 16.5. The number of aromatic nitrogens is 1. The molecule has 3 rings (SSSR count). The normalized spacial score (nSPS) is 13.3. The molecule has 128 valence electrons. The number of nitrogens with one attached hydrogen (secondary N) is 2. The molecular formula is C20H21N3O2. The van der Waals surface area contributed by atoms with Crippen LogP contribution in [0.1, 0.15) is 24.1 Å². The number of aliphatic hydroxyl groups excluding tert-OH is 1.